The van der Waals surface area contributed by atoms with Crippen molar-refractivity contribution in [2.75, 3.05) is 39.4 Å². The fraction of sp³-hybridized carbons (Fsp3) is 0.667. The number of benzene rings is 1. The summed E-state index contributed by atoms with van der Waals surface area (Å²) in [6.07, 6.45) is 8.19. The molecule has 1 atom stereocenters. The number of fused-ring (bicyclic) bond motifs is 1. The third-order valence-corrected chi connectivity index (χ3v) is 6.12. The maximum Gasteiger partial charge on any atom is 0.254 e. The predicted octanol–water partition coefficient (Wildman–Crippen LogP) is 2.89. The highest BCUT2D eigenvalue weighted by Gasteiger charge is 2.28. The number of rotatable bonds is 4. The van der Waals surface area contributed by atoms with Crippen LogP contribution in [-0.4, -0.2) is 61.1 Å². The number of carbonyl (C=O) groups is 1. The van der Waals surface area contributed by atoms with Crippen LogP contribution in [0.4, 0.5) is 0 Å². The second-order valence-electron chi connectivity index (χ2n) is 7.73. The zero-order chi connectivity index (χ0) is 17.1. The molecule has 0 aromatic heterocycles. The van der Waals surface area contributed by atoms with E-state index in [9.17, 15) is 4.79 Å². The molecule has 4 rings (SSSR count). The predicted molar refractivity (Wildman–Crippen MR) is 99.0 cm³/mol. The van der Waals surface area contributed by atoms with Gasteiger partial charge in [0.05, 0.1) is 13.2 Å². The van der Waals surface area contributed by atoms with Crippen LogP contribution in [0.1, 0.15) is 53.6 Å². The van der Waals surface area contributed by atoms with E-state index in [1.807, 2.05) is 0 Å². The van der Waals surface area contributed by atoms with Gasteiger partial charge >= 0.3 is 0 Å². The van der Waals surface area contributed by atoms with Crippen LogP contribution in [0, 0.1) is 0 Å². The molecule has 0 N–H and O–H groups in total. The van der Waals surface area contributed by atoms with E-state index in [0.717, 1.165) is 70.6 Å². The van der Waals surface area contributed by atoms with Gasteiger partial charge in [-0.2, -0.15) is 0 Å². The summed E-state index contributed by atoms with van der Waals surface area (Å²) >= 11 is 0. The third kappa shape index (κ3) is 3.90. The zero-order valence-electron chi connectivity index (χ0n) is 15.2. The number of piperidine rings is 1. The minimum atomic E-state index is 0.251. The molecule has 136 valence electrons. The van der Waals surface area contributed by atoms with Crippen LogP contribution in [0.5, 0.6) is 0 Å². The molecule has 1 aromatic rings. The maximum atomic E-state index is 13.2. The first-order valence-electron chi connectivity index (χ1n) is 10.0. The summed E-state index contributed by atoms with van der Waals surface area (Å²) in [7, 11) is 0. The van der Waals surface area contributed by atoms with Gasteiger partial charge in [0.15, 0.2) is 0 Å². The van der Waals surface area contributed by atoms with Crippen molar-refractivity contribution < 1.29 is 9.53 Å². The van der Waals surface area contributed by atoms with E-state index in [2.05, 4.69) is 28.0 Å². The minimum Gasteiger partial charge on any atom is -0.379 e. The Hall–Kier alpha value is -1.39. The molecule has 1 aliphatic carbocycles. The lowest BCUT2D eigenvalue weighted by molar-refractivity contribution is 0.0295. The van der Waals surface area contributed by atoms with E-state index in [0.29, 0.717) is 6.04 Å². The van der Waals surface area contributed by atoms with Gasteiger partial charge in [-0.15, -0.1) is 0 Å². The molecular formula is C21H30N2O2. The summed E-state index contributed by atoms with van der Waals surface area (Å²) in [5.41, 5.74) is 3.74. The van der Waals surface area contributed by atoms with Crippen molar-refractivity contribution in [1.29, 1.82) is 0 Å². The molecule has 25 heavy (non-hydrogen) atoms. The van der Waals surface area contributed by atoms with Crippen molar-refractivity contribution in [1.82, 2.24) is 9.80 Å². The molecule has 2 saturated heterocycles. The molecular weight excluding hydrogens is 312 g/mol. The van der Waals surface area contributed by atoms with Gasteiger partial charge in [-0.3, -0.25) is 9.69 Å². The van der Waals surface area contributed by atoms with Gasteiger partial charge in [-0.1, -0.05) is 6.07 Å². The molecule has 4 heteroatoms. The van der Waals surface area contributed by atoms with Crippen LogP contribution in [-0.2, 0) is 17.6 Å². The summed E-state index contributed by atoms with van der Waals surface area (Å²) in [6, 6.07) is 6.80. The van der Waals surface area contributed by atoms with E-state index >= 15 is 0 Å². The fourth-order valence-corrected chi connectivity index (χ4v) is 4.60. The summed E-state index contributed by atoms with van der Waals surface area (Å²) in [5.74, 6) is 0.251. The summed E-state index contributed by atoms with van der Waals surface area (Å²) < 4.78 is 5.44. The van der Waals surface area contributed by atoms with Crippen molar-refractivity contribution in [3.63, 3.8) is 0 Å². The van der Waals surface area contributed by atoms with Gasteiger partial charge in [-0.25, -0.2) is 0 Å². The van der Waals surface area contributed by atoms with Crippen LogP contribution in [0.15, 0.2) is 18.2 Å². The Morgan fingerprint density at radius 3 is 2.76 bits per heavy atom. The Balaban J connectivity index is 1.41. The Kier molecular flexibility index (Phi) is 5.37. The number of likely N-dealkylation sites (tertiary alicyclic amines) is 1. The lowest BCUT2D eigenvalue weighted by atomic mass is 9.97. The fourth-order valence-electron chi connectivity index (χ4n) is 4.60. The van der Waals surface area contributed by atoms with Gasteiger partial charge in [0.1, 0.15) is 0 Å². The highest BCUT2D eigenvalue weighted by Crippen LogP contribution is 2.26. The molecule has 0 bridgehead atoms. The molecule has 4 nitrogen and oxygen atoms in total. The number of nitrogens with zero attached hydrogens (tertiary/aromatic N) is 2. The summed E-state index contributed by atoms with van der Waals surface area (Å²) in [4.78, 5) is 17.8. The highest BCUT2D eigenvalue weighted by molar-refractivity contribution is 5.94. The molecule has 1 aromatic carbocycles. The molecule has 0 unspecified atom stereocenters. The van der Waals surface area contributed by atoms with Crippen molar-refractivity contribution >= 4 is 5.91 Å². The Bertz CT molecular complexity index is 610. The van der Waals surface area contributed by atoms with Gasteiger partial charge in [-0.05, 0) is 68.2 Å². The number of amides is 1. The van der Waals surface area contributed by atoms with E-state index in [1.54, 1.807) is 0 Å². The third-order valence-electron chi connectivity index (χ3n) is 6.12. The smallest absolute Gasteiger partial charge is 0.254 e. The average Bonchev–Trinajstić information content (AvgIpc) is 3.14. The van der Waals surface area contributed by atoms with E-state index in [4.69, 9.17) is 4.74 Å². The normalized spacial score (nSPS) is 24.3. The molecule has 0 spiro atoms. The minimum absolute atomic E-state index is 0.251. The number of ether oxygens (including phenoxy) is 1. The second kappa shape index (κ2) is 7.88. The van der Waals surface area contributed by atoms with Crippen molar-refractivity contribution in [3.8, 4) is 0 Å². The number of morpholine rings is 1. The SMILES string of the molecule is O=C(c1ccc2c(c1)CCC2)N1CCCC[C@H]1CCN1CCOCC1. The molecule has 2 fully saturated rings. The maximum absolute atomic E-state index is 13.2. The van der Waals surface area contributed by atoms with Crippen LogP contribution in [0.25, 0.3) is 0 Å². The first-order valence-corrected chi connectivity index (χ1v) is 10.0. The molecule has 0 radical (unpaired) electrons. The lowest BCUT2D eigenvalue weighted by Crippen LogP contribution is -2.46. The summed E-state index contributed by atoms with van der Waals surface area (Å²) in [5, 5.41) is 0. The first kappa shape index (κ1) is 17.0. The standard InChI is InChI=1S/C21H30N2O2/c24-21(19-8-7-17-4-3-5-18(17)16-19)23-10-2-1-6-20(23)9-11-22-12-14-25-15-13-22/h7-8,16,20H,1-6,9-15H2/t20-/m0/s1. The van der Waals surface area contributed by atoms with Crippen molar-refractivity contribution in [2.45, 2.75) is 51.0 Å². The summed E-state index contributed by atoms with van der Waals surface area (Å²) in [6.45, 7) is 5.77. The van der Waals surface area contributed by atoms with Crippen molar-refractivity contribution in [3.05, 3.63) is 34.9 Å². The molecule has 1 amide bonds. The van der Waals surface area contributed by atoms with Crippen LogP contribution in [0.3, 0.4) is 0 Å². The number of aryl methyl sites for hydroxylation is 2. The van der Waals surface area contributed by atoms with Crippen LogP contribution >= 0.6 is 0 Å². The Labute approximate surface area is 151 Å². The number of hydrogen-bond acceptors (Lipinski definition) is 3. The average molecular weight is 342 g/mol. The van der Waals surface area contributed by atoms with E-state index in [1.165, 1.54) is 30.4 Å². The van der Waals surface area contributed by atoms with E-state index < -0.39 is 0 Å². The first-order chi connectivity index (χ1) is 12.3. The number of carbonyl (C=O) groups excluding carboxylic acids is 1. The van der Waals surface area contributed by atoms with Gasteiger partial charge in [0.2, 0.25) is 0 Å². The highest BCUT2D eigenvalue weighted by atomic mass is 16.5. The molecule has 3 aliphatic rings. The van der Waals surface area contributed by atoms with Gasteiger partial charge in [0.25, 0.3) is 5.91 Å². The number of hydrogen-bond donors (Lipinski definition) is 0. The Morgan fingerprint density at radius 2 is 1.88 bits per heavy atom. The topological polar surface area (TPSA) is 32.8 Å². The monoisotopic (exact) mass is 342 g/mol. The quantitative estimate of drug-likeness (QED) is 0.843. The Morgan fingerprint density at radius 1 is 1.04 bits per heavy atom. The lowest BCUT2D eigenvalue weighted by Gasteiger charge is -2.37. The van der Waals surface area contributed by atoms with Gasteiger partial charge < -0.3 is 9.64 Å². The van der Waals surface area contributed by atoms with Crippen molar-refractivity contribution in [2.24, 2.45) is 0 Å². The van der Waals surface area contributed by atoms with E-state index in [-0.39, 0.29) is 5.91 Å². The largest absolute Gasteiger partial charge is 0.379 e. The zero-order valence-corrected chi connectivity index (χ0v) is 15.2. The molecule has 2 heterocycles. The second-order valence-corrected chi connectivity index (χ2v) is 7.73. The van der Waals surface area contributed by atoms with Gasteiger partial charge in [0, 0.05) is 37.8 Å². The molecule has 0 saturated carbocycles. The molecule has 2 aliphatic heterocycles. The van der Waals surface area contributed by atoms with Crippen LogP contribution in [0.2, 0.25) is 0 Å². The van der Waals surface area contributed by atoms with Crippen LogP contribution < -0.4 is 0 Å².